The summed E-state index contributed by atoms with van der Waals surface area (Å²) < 4.78 is 7.63. The molecular weight excluding hydrogens is 364 g/mol. The molecule has 6 nitrogen and oxygen atoms in total. The molecule has 1 N–H and O–H groups in total. The molecule has 3 aromatic rings. The molecule has 0 aliphatic heterocycles. The summed E-state index contributed by atoms with van der Waals surface area (Å²) in [4.78, 5) is 16.1. The van der Waals surface area contributed by atoms with Crippen LogP contribution in [0.1, 0.15) is 12.2 Å². The van der Waals surface area contributed by atoms with E-state index < -0.39 is 5.91 Å². The van der Waals surface area contributed by atoms with Gasteiger partial charge in [0.05, 0.1) is 11.3 Å². The maximum Gasteiger partial charge on any atom is 0.262 e. The number of aromatic nitrogens is 2. The second kappa shape index (κ2) is 8.88. The van der Waals surface area contributed by atoms with Crippen LogP contribution in [0.25, 0.3) is 17.4 Å². The maximum atomic E-state index is 12.2. The highest BCUT2D eigenvalue weighted by Gasteiger charge is 2.11. The third kappa shape index (κ3) is 4.87. The number of hydrogen-bond donors (Lipinski definition) is 1. The average Bonchev–Trinajstić information content (AvgIpc) is 3.35. The van der Waals surface area contributed by atoms with Crippen LogP contribution in [0.3, 0.4) is 0 Å². The van der Waals surface area contributed by atoms with Crippen LogP contribution in [-0.4, -0.2) is 22.0 Å². The van der Waals surface area contributed by atoms with Crippen molar-refractivity contribution < 1.29 is 9.21 Å². The number of carbonyl (C=O) groups is 1. The summed E-state index contributed by atoms with van der Waals surface area (Å²) in [5.74, 6) is 0.554. The van der Waals surface area contributed by atoms with E-state index in [-0.39, 0.29) is 5.57 Å². The predicted molar refractivity (Wildman–Crippen MR) is 103 cm³/mol. The average molecular weight is 381 g/mol. The smallest absolute Gasteiger partial charge is 0.262 e. The number of aryl methyl sites for hydroxylation is 1. The van der Waals surface area contributed by atoms with E-state index in [1.165, 1.54) is 6.08 Å². The lowest BCUT2D eigenvalue weighted by molar-refractivity contribution is -0.117. The van der Waals surface area contributed by atoms with E-state index in [1.54, 1.807) is 30.7 Å². The van der Waals surface area contributed by atoms with E-state index in [9.17, 15) is 10.1 Å². The first-order valence-corrected chi connectivity index (χ1v) is 8.75. The largest absolute Gasteiger partial charge is 0.457 e. The molecule has 136 valence electrons. The monoisotopic (exact) mass is 380 g/mol. The molecule has 2 aromatic heterocycles. The van der Waals surface area contributed by atoms with Crippen LogP contribution in [0, 0.1) is 11.3 Å². The molecule has 0 bridgehead atoms. The van der Waals surface area contributed by atoms with Gasteiger partial charge in [0.2, 0.25) is 0 Å². The summed E-state index contributed by atoms with van der Waals surface area (Å²) in [6.07, 6.45) is 7.44. The number of halogens is 1. The van der Waals surface area contributed by atoms with Gasteiger partial charge in [-0.2, -0.15) is 5.26 Å². The molecule has 0 saturated heterocycles. The van der Waals surface area contributed by atoms with Gasteiger partial charge in [-0.05, 0) is 30.7 Å². The van der Waals surface area contributed by atoms with Gasteiger partial charge in [0.15, 0.2) is 0 Å². The van der Waals surface area contributed by atoms with Gasteiger partial charge in [-0.25, -0.2) is 4.98 Å². The van der Waals surface area contributed by atoms with Crippen molar-refractivity contribution in [1.82, 2.24) is 14.9 Å². The fraction of sp³-hybridized carbons (Fsp3) is 0.150. The summed E-state index contributed by atoms with van der Waals surface area (Å²) in [6, 6.07) is 12.7. The predicted octanol–water partition coefficient (Wildman–Crippen LogP) is 3.91. The molecule has 0 saturated carbocycles. The Morgan fingerprint density at radius 3 is 2.93 bits per heavy atom. The highest BCUT2D eigenvalue weighted by molar-refractivity contribution is 6.33. The molecule has 2 heterocycles. The lowest BCUT2D eigenvalue weighted by atomic mass is 10.2. The number of furan rings is 1. The minimum Gasteiger partial charge on any atom is -0.457 e. The van der Waals surface area contributed by atoms with E-state index in [1.807, 2.05) is 35.0 Å². The van der Waals surface area contributed by atoms with Crippen LogP contribution in [0.15, 0.2) is 65.1 Å². The summed E-state index contributed by atoms with van der Waals surface area (Å²) in [5.41, 5.74) is 0.735. The van der Waals surface area contributed by atoms with Gasteiger partial charge in [0.1, 0.15) is 23.2 Å². The van der Waals surface area contributed by atoms with Crippen molar-refractivity contribution >= 4 is 23.6 Å². The summed E-state index contributed by atoms with van der Waals surface area (Å²) >= 11 is 6.16. The van der Waals surface area contributed by atoms with Crippen molar-refractivity contribution in [2.24, 2.45) is 0 Å². The number of rotatable bonds is 7. The minimum atomic E-state index is -0.432. The normalized spacial score (nSPS) is 11.2. The van der Waals surface area contributed by atoms with Crippen LogP contribution in [-0.2, 0) is 11.3 Å². The van der Waals surface area contributed by atoms with E-state index in [0.717, 1.165) is 18.5 Å². The van der Waals surface area contributed by atoms with Gasteiger partial charge in [0, 0.05) is 37.1 Å². The van der Waals surface area contributed by atoms with Crippen LogP contribution in [0.4, 0.5) is 0 Å². The van der Waals surface area contributed by atoms with Crippen LogP contribution in [0.2, 0.25) is 5.02 Å². The van der Waals surface area contributed by atoms with E-state index in [4.69, 9.17) is 16.0 Å². The SMILES string of the molecule is N#C/C(=C\c1ccc(-c2ccccc2Cl)o1)C(=O)NCCCn1ccnc1. The van der Waals surface area contributed by atoms with Crippen LogP contribution in [0.5, 0.6) is 0 Å². The first-order valence-electron chi connectivity index (χ1n) is 8.38. The Bertz CT molecular complexity index is 984. The second-order valence-electron chi connectivity index (χ2n) is 5.76. The molecule has 3 rings (SSSR count). The molecule has 0 unspecified atom stereocenters. The summed E-state index contributed by atoms with van der Waals surface area (Å²) in [6.45, 7) is 1.20. The van der Waals surface area contributed by atoms with E-state index in [0.29, 0.717) is 23.1 Å². The van der Waals surface area contributed by atoms with E-state index >= 15 is 0 Å². The highest BCUT2D eigenvalue weighted by Crippen LogP contribution is 2.29. The number of nitrogens with one attached hydrogen (secondary N) is 1. The Kier molecular flexibility index (Phi) is 6.08. The first kappa shape index (κ1) is 18.5. The van der Waals surface area contributed by atoms with Gasteiger partial charge in [-0.15, -0.1) is 0 Å². The molecule has 0 aliphatic rings. The van der Waals surface area contributed by atoms with Crippen molar-refractivity contribution in [3.63, 3.8) is 0 Å². The van der Waals surface area contributed by atoms with Gasteiger partial charge < -0.3 is 14.3 Å². The summed E-state index contributed by atoms with van der Waals surface area (Å²) in [7, 11) is 0. The van der Waals surface area contributed by atoms with E-state index in [2.05, 4.69) is 10.3 Å². The van der Waals surface area contributed by atoms with Gasteiger partial charge in [-0.1, -0.05) is 23.7 Å². The first-order chi connectivity index (χ1) is 13.2. The number of carbonyl (C=O) groups excluding carboxylic acids is 1. The Morgan fingerprint density at radius 1 is 1.33 bits per heavy atom. The standard InChI is InChI=1S/C20H17ClN4O2/c21-18-5-2-1-4-17(18)19-7-6-16(27-19)12-15(13-22)20(26)24-8-3-10-25-11-9-23-14-25/h1-2,4-7,9,11-12,14H,3,8,10H2,(H,24,26)/b15-12+. The number of benzene rings is 1. The molecule has 27 heavy (non-hydrogen) atoms. The van der Waals surface area contributed by atoms with Crippen molar-refractivity contribution in [1.29, 1.82) is 5.26 Å². The molecule has 1 aromatic carbocycles. The molecule has 0 fully saturated rings. The molecule has 0 spiro atoms. The number of amides is 1. The summed E-state index contributed by atoms with van der Waals surface area (Å²) in [5, 5.41) is 12.6. The molecule has 7 heteroatoms. The lowest BCUT2D eigenvalue weighted by Crippen LogP contribution is -2.26. The number of imidazole rings is 1. The fourth-order valence-electron chi connectivity index (χ4n) is 2.50. The lowest BCUT2D eigenvalue weighted by Gasteiger charge is -2.04. The second-order valence-corrected chi connectivity index (χ2v) is 6.17. The Morgan fingerprint density at radius 2 is 2.19 bits per heavy atom. The zero-order chi connectivity index (χ0) is 19.1. The molecule has 1 amide bonds. The molecule has 0 radical (unpaired) electrons. The number of nitriles is 1. The van der Waals surface area contributed by atoms with Crippen molar-refractivity contribution in [2.75, 3.05) is 6.54 Å². The Balaban J connectivity index is 1.61. The fourth-order valence-corrected chi connectivity index (χ4v) is 2.73. The van der Waals surface area contributed by atoms with Crippen molar-refractivity contribution in [3.05, 3.63) is 71.5 Å². The molecule has 0 atom stereocenters. The minimum absolute atomic E-state index is 0.0160. The molecular formula is C20H17ClN4O2. The molecule has 0 aliphatic carbocycles. The van der Waals surface area contributed by atoms with Crippen molar-refractivity contribution in [3.8, 4) is 17.4 Å². The van der Waals surface area contributed by atoms with Crippen LogP contribution >= 0.6 is 11.6 Å². The Labute approximate surface area is 161 Å². The third-order valence-electron chi connectivity index (χ3n) is 3.86. The zero-order valence-corrected chi connectivity index (χ0v) is 15.2. The van der Waals surface area contributed by atoms with Crippen LogP contribution < -0.4 is 5.32 Å². The topological polar surface area (TPSA) is 83.9 Å². The quantitative estimate of drug-likeness (QED) is 0.382. The number of hydrogen-bond acceptors (Lipinski definition) is 4. The van der Waals surface area contributed by atoms with Gasteiger partial charge in [0.25, 0.3) is 5.91 Å². The Hall–Kier alpha value is -3.30. The third-order valence-corrected chi connectivity index (χ3v) is 4.19. The highest BCUT2D eigenvalue weighted by atomic mass is 35.5. The zero-order valence-electron chi connectivity index (χ0n) is 14.4. The maximum absolute atomic E-state index is 12.2. The van der Waals surface area contributed by atoms with Gasteiger partial charge >= 0.3 is 0 Å². The van der Waals surface area contributed by atoms with Gasteiger partial charge in [-0.3, -0.25) is 4.79 Å². The number of nitrogens with zero attached hydrogens (tertiary/aromatic N) is 3. The van der Waals surface area contributed by atoms with Crippen molar-refractivity contribution in [2.45, 2.75) is 13.0 Å².